The van der Waals surface area contributed by atoms with Gasteiger partial charge in [-0.3, -0.25) is 0 Å². The zero-order chi connectivity index (χ0) is 20.0. The lowest BCUT2D eigenvalue weighted by Crippen LogP contribution is -2.32. The summed E-state index contributed by atoms with van der Waals surface area (Å²) in [7, 11) is 0. The molecule has 0 amide bonds. The van der Waals surface area contributed by atoms with Gasteiger partial charge in [0.1, 0.15) is 24.5 Å². The highest BCUT2D eigenvalue weighted by Crippen LogP contribution is 2.41. The molecule has 6 nitrogen and oxygen atoms in total. The van der Waals surface area contributed by atoms with Gasteiger partial charge in [-0.2, -0.15) is 0 Å². The molecule has 0 radical (unpaired) electrons. The molecule has 3 aromatic rings. The first-order valence-corrected chi connectivity index (χ1v) is 10.1. The molecule has 2 aliphatic heterocycles. The average Bonchev–Trinajstić information content (AvgIpc) is 2.74. The van der Waals surface area contributed by atoms with Gasteiger partial charge < -0.3 is 23.5 Å². The molecule has 0 saturated heterocycles. The van der Waals surface area contributed by atoms with Crippen LogP contribution in [0, 0.1) is 0 Å². The lowest BCUT2D eigenvalue weighted by molar-refractivity contribution is 0.171. The van der Waals surface area contributed by atoms with Crippen molar-refractivity contribution in [2.75, 3.05) is 24.8 Å². The highest BCUT2D eigenvalue weighted by molar-refractivity contribution is 6.33. The Kier molecular flexibility index (Phi) is 4.51. The van der Waals surface area contributed by atoms with Crippen molar-refractivity contribution in [2.24, 2.45) is 0 Å². The number of ether oxygens (including phenoxy) is 3. The van der Waals surface area contributed by atoms with E-state index in [-0.39, 0.29) is 5.63 Å². The van der Waals surface area contributed by atoms with E-state index in [4.69, 9.17) is 30.2 Å². The minimum Gasteiger partial charge on any atom is -0.486 e. The van der Waals surface area contributed by atoms with Crippen LogP contribution in [0.2, 0.25) is 5.02 Å². The van der Waals surface area contributed by atoms with Crippen LogP contribution in [0.25, 0.3) is 11.0 Å². The molecule has 0 atom stereocenters. The van der Waals surface area contributed by atoms with Gasteiger partial charge in [0.2, 0.25) is 0 Å². The topological polar surface area (TPSA) is 61.1 Å². The molecule has 0 unspecified atom stereocenters. The molecular formula is C22H20ClNO5. The van der Waals surface area contributed by atoms with Gasteiger partial charge >= 0.3 is 5.63 Å². The Labute approximate surface area is 172 Å². The summed E-state index contributed by atoms with van der Waals surface area (Å²) in [6.07, 6.45) is 1.71. The van der Waals surface area contributed by atoms with E-state index in [1.165, 1.54) is 0 Å². The van der Waals surface area contributed by atoms with E-state index >= 15 is 0 Å². The molecule has 7 heteroatoms. The van der Waals surface area contributed by atoms with E-state index in [0.29, 0.717) is 48.6 Å². The summed E-state index contributed by atoms with van der Waals surface area (Å²) in [5.41, 5.74) is 2.84. The van der Waals surface area contributed by atoms with Crippen LogP contribution < -0.4 is 24.7 Å². The Morgan fingerprint density at radius 1 is 1.07 bits per heavy atom. The van der Waals surface area contributed by atoms with Crippen LogP contribution in [0.1, 0.15) is 24.5 Å². The second-order valence-electron chi connectivity index (χ2n) is 7.18. The molecule has 2 aliphatic rings. The number of hydrogen-bond acceptors (Lipinski definition) is 6. The van der Waals surface area contributed by atoms with E-state index in [2.05, 4.69) is 6.92 Å². The summed E-state index contributed by atoms with van der Waals surface area (Å²) in [5.74, 6) is 2.03. The van der Waals surface area contributed by atoms with Gasteiger partial charge in [0, 0.05) is 23.2 Å². The Hall–Kier alpha value is -2.86. The third kappa shape index (κ3) is 3.17. The van der Waals surface area contributed by atoms with Crippen LogP contribution in [-0.4, -0.2) is 19.9 Å². The van der Waals surface area contributed by atoms with Crippen molar-refractivity contribution in [3.05, 3.63) is 56.9 Å². The number of fused-ring (bicyclic) bond motifs is 4. The van der Waals surface area contributed by atoms with Gasteiger partial charge in [-0.05, 0) is 30.2 Å². The smallest absolute Gasteiger partial charge is 0.336 e. The fourth-order valence-corrected chi connectivity index (χ4v) is 4.20. The second-order valence-corrected chi connectivity index (χ2v) is 7.59. The first-order chi connectivity index (χ1) is 14.1. The predicted molar refractivity (Wildman–Crippen MR) is 111 cm³/mol. The molecule has 0 aliphatic carbocycles. The highest BCUT2D eigenvalue weighted by Gasteiger charge is 2.26. The Balaban J connectivity index is 1.59. The summed E-state index contributed by atoms with van der Waals surface area (Å²) in [5, 5.41) is 1.39. The zero-order valence-corrected chi connectivity index (χ0v) is 16.8. The van der Waals surface area contributed by atoms with Crippen LogP contribution in [-0.2, 0) is 13.0 Å². The number of benzene rings is 2. The third-order valence-corrected chi connectivity index (χ3v) is 5.53. The van der Waals surface area contributed by atoms with E-state index in [1.54, 1.807) is 6.07 Å². The molecule has 0 bridgehead atoms. The molecule has 1 aromatic heterocycles. The molecule has 3 heterocycles. The van der Waals surface area contributed by atoms with Gasteiger partial charge in [-0.15, -0.1) is 0 Å². The van der Waals surface area contributed by atoms with Crippen molar-refractivity contribution < 1.29 is 18.6 Å². The predicted octanol–water partition coefficient (Wildman–Crippen LogP) is 4.53. The monoisotopic (exact) mass is 413 g/mol. The standard InChI is InChI=1S/C22H20ClNO5/c1-2-3-13-8-20(25)29-21-15(13)10-17(23)22-16(21)11-24(12-28-22)14-4-5-18-19(9-14)27-7-6-26-18/h4-5,8-10H,2-3,6-7,11-12H2,1H3. The maximum atomic E-state index is 12.2. The van der Waals surface area contributed by atoms with Crippen LogP contribution in [0.3, 0.4) is 0 Å². The normalized spacial score (nSPS) is 15.2. The molecule has 29 heavy (non-hydrogen) atoms. The fraction of sp³-hybridized carbons (Fsp3) is 0.318. The number of anilines is 1. The first-order valence-electron chi connectivity index (χ1n) is 9.69. The number of halogens is 1. The quantitative estimate of drug-likeness (QED) is 0.588. The zero-order valence-electron chi connectivity index (χ0n) is 16.0. The van der Waals surface area contributed by atoms with Crippen LogP contribution in [0.5, 0.6) is 17.2 Å². The maximum Gasteiger partial charge on any atom is 0.336 e. The maximum absolute atomic E-state index is 12.2. The lowest BCUT2D eigenvalue weighted by Gasteiger charge is -2.32. The molecule has 0 spiro atoms. The highest BCUT2D eigenvalue weighted by atomic mass is 35.5. The average molecular weight is 414 g/mol. The van der Waals surface area contributed by atoms with Crippen molar-refractivity contribution >= 4 is 28.3 Å². The largest absolute Gasteiger partial charge is 0.486 e. The third-order valence-electron chi connectivity index (χ3n) is 5.25. The minimum atomic E-state index is -0.359. The fourth-order valence-electron chi connectivity index (χ4n) is 3.92. The SMILES string of the molecule is CCCc1cc(=O)oc2c3c(c(Cl)cc12)OCN(c1ccc2c(c1)OCCO2)C3. The van der Waals surface area contributed by atoms with Gasteiger partial charge in [-0.1, -0.05) is 24.9 Å². The van der Waals surface area contributed by atoms with Crippen LogP contribution in [0.4, 0.5) is 5.69 Å². The number of rotatable bonds is 3. The summed E-state index contributed by atoms with van der Waals surface area (Å²) >= 11 is 6.52. The van der Waals surface area contributed by atoms with Crippen molar-refractivity contribution in [2.45, 2.75) is 26.3 Å². The van der Waals surface area contributed by atoms with E-state index in [9.17, 15) is 4.79 Å². The number of hydrogen-bond donors (Lipinski definition) is 0. The first kappa shape index (κ1) is 18.2. The van der Waals surface area contributed by atoms with Crippen molar-refractivity contribution in [3.63, 3.8) is 0 Å². The summed E-state index contributed by atoms with van der Waals surface area (Å²) < 4.78 is 22.9. The second kappa shape index (κ2) is 7.19. The number of nitrogens with zero attached hydrogens (tertiary/aromatic N) is 1. The molecule has 150 valence electrons. The van der Waals surface area contributed by atoms with Crippen molar-refractivity contribution in [3.8, 4) is 17.2 Å². The Morgan fingerprint density at radius 3 is 2.72 bits per heavy atom. The van der Waals surface area contributed by atoms with Crippen molar-refractivity contribution in [1.29, 1.82) is 0 Å². The molecule has 5 rings (SSSR count). The van der Waals surface area contributed by atoms with E-state index < -0.39 is 0 Å². The van der Waals surface area contributed by atoms with Gasteiger partial charge in [0.05, 0.1) is 17.1 Å². The summed E-state index contributed by atoms with van der Waals surface area (Å²) in [4.78, 5) is 14.2. The molecule has 0 N–H and O–H groups in total. The number of aryl methyl sites for hydroxylation is 1. The van der Waals surface area contributed by atoms with Crippen LogP contribution in [0.15, 0.2) is 39.5 Å². The van der Waals surface area contributed by atoms with Crippen LogP contribution >= 0.6 is 11.6 Å². The minimum absolute atomic E-state index is 0.330. The molecule has 2 aromatic carbocycles. The summed E-state index contributed by atoms with van der Waals surface area (Å²) in [6, 6.07) is 9.19. The van der Waals surface area contributed by atoms with Gasteiger partial charge in [0.25, 0.3) is 0 Å². The molecular weight excluding hydrogens is 394 g/mol. The Bertz CT molecular complexity index is 1160. The Morgan fingerprint density at radius 2 is 1.90 bits per heavy atom. The lowest BCUT2D eigenvalue weighted by atomic mass is 10.0. The van der Waals surface area contributed by atoms with Crippen molar-refractivity contribution in [1.82, 2.24) is 0 Å². The van der Waals surface area contributed by atoms with Gasteiger partial charge in [-0.25, -0.2) is 4.79 Å². The molecule has 0 fully saturated rings. The van der Waals surface area contributed by atoms with E-state index in [0.717, 1.165) is 40.8 Å². The summed E-state index contributed by atoms with van der Waals surface area (Å²) in [6.45, 7) is 3.99. The van der Waals surface area contributed by atoms with E-state index in [1.807, 2.05) is 29.2 Å². The molecule has 0 saturated carbocycles. The van der Waals surface area contributed by atoms with Gasteiger partial charge in [0.15, 0.2) is 18.2 Å².